The molecule has 0 aromatic heterocycles. The Balaban J connectivity index is 2.39. The topological polar surface area (TPSA) is 17.1 Å². The van der Waals surface area contributed by atoms with Crippen LogP contribution in [0.25, 0.3) is 0 Å². The molecule has 0 aliphatic carbocycles. The second-order valence-corrected chi connectivity index (χ2v) is 4.94. The van der Waals surface area contributed by atoms with Gasteiger partial charge in [-0.1, -0.05) is 31.5 Å². The molecule has 0 amide bonds. The highest BCUT2D eigenvalue weighted by Gasteiger charge is 2.09. The van der Waals surface area contributed by atoms with E-state index in [9.17, 15) is 9.18 Å². The van der Waals surface area contributed by atoms with Crippen LogP contribution < -0.4 is 0 Å². The summed E-state index contributed by atoms with van der Waals surface area (Å²) < 4.78 is 13.4. The largest absolute Gasteiger partial charge is 0.299 e. The zero-order chi connectivity index (χ0) is 12.8. The predicted molar refractivity (Wildman–Crippen MR) is 68.8 cm³/mol. The number of rotatable bonds is 6. The van der Waals surface area contributed by atoms with Gasteiger partial charge in [0.1, 0.15) is 11.6 Å². The lowest BCUT2D eigenvalue weighted by molar-refractivity contribution is -0.122. The van der Waals surface area contributed by atoms with Crippen molar-refractivity contribution in [3.8, 4) is 0 Å². The Morgan fingerprint density at radius 2 is 2.06 bits per heavy atom. The highest BCUT2D eigenvalue weighted by molar-refractivity contribution is 6.31. The Hall–Kier alpha value is -0.890. The summed E-state index contributed by atoms with van der Waals surface area (Å²) in [5, 5.41) is 0.472. The summed E-state index contributed by atoms with van der Waals surface area (Å²) in [5.41, 5.74) is 0.561. The number of carbonyl (C=O) groups is 1. The molecule has 0 spiro atoms. The van der Waals surface area contributed by atoms with Gasteiger partial charge in [0.2, 0.25) is 0 Å². The maximum absolute atomic E-state index is 13.4. The lowest BCUT2D eigenvalue weighted by Crippen LogP contribution is -2.06. The summed E-state index contributed by atoms with van der Waals surface area (Å²) in [6.45, 7) is 3.80. The first-order chi connectivity index (χ1) is 8.02. The molecule has 0 saturated carbocycles. The maximum Gasteiger partial charge on any atom is 0.135 e. The average molecular weight is 257 g/mol. The third-order valence-corrected chi connectivity index (χ3v) is 3.16. The van der Waals surface area contributed by atoms with Gasteiger partial charge in [-0.2, -0.15) is 0 Å². The Bertz CT molecular complexity index is 368. The summed E-state index contributed by atoms with van der Waals surface area (Å²) >= 11 is 5.91. The molecule has 0 saturated heterocycles. The molecule has 0 N–H and O–H groups in total. The molecule has 1 aromatic carbocycles. The number of halogens is 2. The van der Waals surface area contributed by atoms with Crippen LogP contribution in [-0.4, -0.2) is 5.78 Å². The molecule has 17 heavy (non-hydrogen) atoms. The van der Waals surface area contributed by atoms with Crippen molar-refractivity contribution in [3.63, 3.8) is 0 Å². The summed E-state index contributed by atoms with van der Waals surface area (Å²) in [5.74, 6) is 0.101. The van der Waals surface area contributed by atoms with Crippen LogP contribution in [-0.2, 0) is 11.2 Å². The monoisotopic (exact) mass is 256 g/mol. The van der Waals surface area contributed by atoms with E-state index in [0.29, 0.717) is 23.4 Å². The average Bonchev–Trinajstić information content (AvgIpc) is 2.27. The van der Waals surface area contributed by atoms with Crippen molar-refractivity contribution in [2.75, 3.05) is 0 Å². The van der Waals surface area contributed by atoms with E-state index in [4.69, 9.17) is 11.6 Å². The summed E-state index contributed by atoms with van der Waals surface area (Å²) in [7, 11) is 0. The first-order valence-corrected chi connectivity index (χ1v) is 6.35. The molecular formula is C14H18ClFO. The Morgan fingerprint density at radius 1 is 1.35 bits per heavy atom. The van der Waals surface area contributed by atoms with Crippen molar-refractivity contribution in [2.24, 2.45) is 5.92 Å². The number of ketones is 1. The fourth-order valence-corrected chi connectivity index (χ4v) is 1.92. The fraction of sp³-hybridized carbons (Fsp3) is 0.500. The Kier molecular flexibility index (Phi) is 5.63. The van der Waals surface area contributed by atoms with Gasteiger partial charge < -0.3 is 0 Å². The molecule has 1 nitrogen and oxygen atoms in total. The van der Waals surface area contributed by atoms with Crippen LogP contribution in [0.4, 0.5) is 4.39 Å². The molecule has 1 rings (SSSR count). The van der Waals surface area contributed by atoms with Gasteiger partial charge >= 0.3 is 0 Å². The van der Waals surface area contributed by atoms with Gasteiger partial charge in [0, 0.05) is 22.9 Å². The van der Waals surface area contributed by atoms with Crippen molar-refractivity contribution in [2.45, 2.75) is 39.5 Å². The highest BCUT2D eigenvalue weighted by Crippen LogP contribution is 2.21. The minimum absolute atomic E-state index is 0.0899. The van der Waals surface area contributed by atoms with E-state index < -0.39 is 0 Å². The van der Waals surface area contributed by atoms with E-state index in [-0.39, 0.29) is 17.5 Å². The third-order valence-electron chi connectivity index (χ3n) is 2.81. The van der Waals surface area contributed by atoms with E-state index in [2.05, 4.69) is 0 Å². The van der Waals surface area contributed by atoms with Crippen LogP contribution in [0.5, 0.6) is 0 Å². The van der Waals surface area contributed by atoms with Gasteiger partial charge in [0.15, 0.2) is 0 Å². The van der Waals surface area contributed by atoms with E-state index in [0.717, 1.165) is 12.8 Å². The van der Waals surface area contributed by atoms with Crippen molar-refractivity contribution in [1.29, 1.82) is 0 Å². The molecule has 0 unspecified atom stereocenters. The zero-order valence-electron chi connectivity index (χ0n) is 10.3. The zero-order valence-corrected chi connectivity index (χ0v) is 11.1. The van der Waals surface area contributed by atoms with E-state index >= 15 is 0 Å². The smallest absolute Gasteiger partial charge is 0.135 e. The molecule has 0 atom stereocenters. The first-order valence-electron chi connectivity index (χ1n) is 5.98. The number of carbonyl (C=O) groups excluding carboxylic acids is 1. The first kappa shape index (κ1) is 14.2. The fourth-order valence-electron chi connectivity index (χ4n) is 1.66. The SMILES string of the molecule is CC(C)C(=O)CCCCc1c(F)cccc1Cl. The molecule has 1 aromatic rings. The standard InChI is InChI=1S/C14H18ClFO/c1-10(2)14(17)9-4-3-6-11-12(15)7-5-8-13(11)16/h5,7-8,10H,3-4,6,9H2,1-2H3. The van der Waals surface area contributed by atoms with Crippen molar-refractivity contribution >= 4 is 17.4 Å². The molecule has 0 bridgehead atoms. The summed E-state index contributed by atoms with van der Waals surface area (Å²) in [6, 6.07) is 4.71. The normalized spacial score (nSPS) is 10.9. The van der Waals surface area contributed by atoms with Crippen LogP contribution in [0.3, 0.4) is 0 Å². The van der Waals surface area contributed by atoms with Gasteiger partial charge in [-0.05, 0) is 31.4 Å². The highest BCUT2D eigenvalue weighted by atomic mass is 35.5. The van der Waals surface area contributed by atoms with Gasteiger partial charge in [-0.15, -0.1) is 0 Å². The minimum atomic E-state index is -0.257. The quantitative estimate of drug-likeness (QED) is 0.689. The van der Waals surface area contributed by atoms with E-state index in [1.165, 1.54) is 6.07 Å². The lowest BCUT2D eigenvalue weighted by Gasteiger charge is -2.06. The second kappa shape index (κ2) is 6.75. The number of benzene rings is 1. The van der Waals surface area contributed by atoms with Crippen LogP contribution >= 0.6 is 11.6 Å². The van der Waals surface area contributed by atoms with Gasteiger partial charge in [-0.3, -0.25) is 4.79 Å². The Labute approximate surface area is 107 Å². The van der Waals surface area contributed by atoms with Crippen LogP contribution in [0.1, 0.15) is 38.7 Å². The van der Waals surface area contributed by atoms with Gasteiger partial charge in [-0.25, -0.2) is 4.39 Å². The second-order valence-electron chi connectivity index (χ2n) is 4.53. The number of Topliss-reactive ketones (excluding diaryl/α,β-unsaturated/α-hetero) is 1. The van der Waals surface area contributed by atoms with Crippen molar-refractivity contribution in [1.82, 2.24) is 0 Å². The molecule has 0 aliphatic heterocycles. The van der Waals surface area contributed by atoms with Gasteiger partial charge in [0.25, 0.3) is 0 Å². The molecule has 3 heteroatoms. The molecule has 0 fully saturated rings. The van der Waals surface area contributed by atoms with E-state index in [1.54, 1.807) is 12.1 Å². The number of unbranched alkanes of at least 4 members (excludes halogenated alkanes) is 1. The molecular weight excluding hydrogens is 239 g/mol. The number of hydrogen-bond acceptors (Lipinski definition) is 1. The molecule has 0 radical (unpaired) electrons. The maximum atomic E-state index is 13.4. The lowest BCUT2D eigenvalue weighted by atomic mass is 10.0. The summed E-state index contributed by atoms with van der Waals surface area (Å²) in [6.07, 6.45) is 2.75. The van der Waals surface area contributed by atoms with Crippen molar-refractivity contribution in [3.05, 3.63) is 34.6 Å². The number of hydrogen-bond donors (Lipinski definition) is 0. The summed E-state index contributed by atoms with van der Waals surface area (Å²) in [4.78, 5) is 11.4. The predicted octanol–water partition coefficient (Wildman–Crippen LogP) is 4.42. The molecule has 0 aliphatic rings. The minimum Gasteiger partial charge on any atom is -0.299 e. The van der Waals surface area contributed by atoms with Crippen LogP contribution in [0.2, 0.25) is 5.02 Å². The van der Waals surface area contributed by atoms with Crippen molar-refractivity contribution < 1.29 is 9.18 Å². The third kappa shape index (κ3) is 4.47. The van der Waals surface area contributed by atoms with Gasteiger partial charge in [0.05, 0.1) is 0 Å². The molecule has 94 valence electrons. The Morgan fingerprint density at radius 3 is 2.65 bits per heavy atom. The molecule has 0 heterocycles. The van der Waals surface area contributed by atoms with Crippen LogP contribution in [0.15, 0.2) is 18.2 Å². The van der Waals surface area contributed by atoms with Crippen LogP contribution in [0, 0.1) is 11.7 Å². The van der Waals surface area contributed by atoms with E-state index in [1.807, 2.05) is 13.8 Å².